The van der Waals surface area contributed by atoms with Gasteiger partial charge < -0.3 is 9.84 Å². The van der Waals surface area contributed by atoms with Gasteiger partial charge in [-0.05, 0) is 30.7 Å². The number of nitrogens with zero attached hydrogens (tertiary/aromatic N) is 1. The second-order valence-corrected chi connectivity index (χ2v) is 6.65. The summed E-state index contributed by atoms with van der Waals surface area (Å²) in [5, 5.41) is 11.4. The predicted molar refractivity (Wildman–Crippen MR) is 77.8 cm³/mol. The Balaban J connectivity index is 1.92. The molecule has 0 aromatic carbocycles. The quantitative estimate of drug-likeness (QED) is 0.861. The van der Waals surface area contributed by atoms with E-state index in [0.717, 1.165) is 19.3 Å². The Morgan fingerprint density at radius 3 is 3.05 bits per heavy atom. The molecule has 2 fully saturated rings. The van der Waals surface area contributed by atoms with E-state index in [1.807, 2.05) is 6.07 Å². The highest BCUT2D eigenvalue weighted by atomic mass is 32.1. The number of hydrogen-bond donors (Lipinski definition) is 1. The lowest BCUT2D eigenvalue weighted by Crippen LogP contribution is -2.50. The highest BCUT2D eigenvalue weighted by molar-refractivity contribution is 7.10. The van der Waals surface area contributed by atoms with E-state index >= 15 is 0 Å². The van der Waals surface area contributed by atoms with Crippen LogP contribution in [-0.4, -0.2) is 48.3 Å². The van der Waals surface area contributed by atoms with E-state index in [-0.39, 0.29) is 24.4 Å². The van der Waals surface area contributed by atoms with E-state index in [1.165, 1.54) is 12.0 Å². The summed E-state index contributed by atoms with van der Waals surface area (Å²) in [6.07, 6.45) is 3.09. The summed E-state index contributed by atoms with van der Waals surface area (Å²) < 4.78 is 5.04. The van der Waals surface area contributed by atoms with Crippen LogP contribution in [0, 0.1) is 5.92 Å². The van der Waals surface area contributed by atoms with Crippen molar-refractivity contribution in [2.75, 3.05) is 20.3 Å². The van der Waals surface area contributed by atoms with Crippen LogP contribution in [0.15, 0.2) is 17.5 Å². The molecule has 0 saturated carbocycles. The number of rotatable bonds is 4. The number of fused-ring (bicyclic) bond motifs is 2. The molecule has 20 heavy (non-hydrogen) atoms. The van der Waals surface area contributed by atoms with E-state index in [9.17, 15) is 9.90 Å². The van der Waals surface area contributed by atoms with Gasteiger partial charge in [-0.1, -0.05) is 6.07 Å². The Morgan fingerprint density at radius 1 is 1.55 bits per heavy atom. The topological polar surface area (TPSA) is 49.8 Å². The molecular weight excluding hydrogens is 274 g/mol. The number of carbonyl (C=O) groups excluding carboxylic acids is 1. The van der Waals surface area contributed by atoms with Crippen molar-refractivity contribution in [3.05, 3.63) is 22.4 Å². The summed E-state index contributed by atoms with van der Waals surface area (Å²) in [4.78, 5) is 15.8. The maximum Gasteiger partial charge on any atom is 0.309 e. The average Bonchev–Trinajstić information content (AvgIpc) is 3.07. The van der Waals surface area contributed by atoms with Crippen LogP contribution in [-0.2, 0) is 9.53 Å². The second-order valence-electron chi connectivity index (χ2n) is 5.67. The fourth-order valence-electron chi connectivity index (χ4n) is 4.04. The highest BCUT2D eigenvalue weighted by Gasteiger charge is 2.50. The Morgan fingerprint density at radius 2 is 2.40 bits per heavy atom. The summed E-state index contributed by atoms with van der Waals surface area (Å²) in [6.45, 7) is 0.901. The second kappa shape index (κ2) is 5.84. The summed E-state index contributed by atoms with van der Waals surface area (Å²) in [5.41, 5.74) is 0. The lowest BCUT2D eigenvalue weighted by atomic mass is 9.79. The average molecular weight is 295 g/mol. The van der Waals surface area contributed by atoms with Gasteiger partial charge in [0.1, 0.15) is 0 Å². The molecule has 1 N–H and O–H groups in total. The Bertz CT molecular complexity index is 462. The molecule has 2 saturated heterocycles. The molecule has 2 aliphatic rings. The van der Waals surface area contributed by atoms with Crippen LogP contribution >= 0.6 is 11.3 Å². The van der Waals surface area contributed by atoms with Crippen molar-refractivity contribution in [1.82, 2.24) is 4.90 Å². The highest BCUT2D eigenvalue weighted by Crippen LogP contribution is 2.48. The smallest absolute Gasteiger partial charge is 0.309 e. The van der Waals surface area contributed by atoms with Crippen molar-refractivity contribution < 1.29 is 14.6 Å². The van der Waals surface area contributed by atoms with Gasteiger partial charge >= 0.3 is 5.97 Å². The van der Waals surface area contributed by atoms with E-state index in [4.69, 9.17) is 4.74 Å². The number of thiophene rings is 1. The lowest BCUT2D eigenvalue weighted by Gasteiger charge is -2.43. The molecule has 4 atom stereocenters. The van der Waals surface area contributed by atoms with Crippen LogP contribution in [0.2, 0.25) is 0 Å². The van der Waals surface area contributed by atoms with Crippen molar-refractivity contribution in [2.45, 2.75) is 37.3 Å². The Kier molecular flexibility index (Phi) is 4.10. The summed E-state index contributed by atoms with van der Waals surface area (Å²) >= 11 is 1.72. The van der Waals surface area contributed by atoms with Crippen LogP contribution in [0.25, 0.3) is 0 Å². The summed E-state index contributed by atoms with van der Waals surface area (Å²) in [5.74, 6) is 0.0998. The van der Waals surface area contributed by atoms with Crippen LogP contribution in [0.3, 0.4) is 0 Å². The first-order chi connectivity index (χ1) is 9.76. The molecule has 3 rings (SSSR count). The van der Waals surface area contributed by atoms with Gasteiger partial charge in [-0.25, -0.2) is 0 Å². The first-order valence-corrected chi connectivity index (χ1v) is 8.12. The van der Waals surface area contributed by atoms with Gasteiger partial charge in [0.25, 0.3) is 0 Å². The van der Waals surface area contributed by atoms with Crippen molar-refractivity contribution in [1.29, 1.82) is 0 Å². The zero-order valence-electron chi connectivity index (χ0n) is 11.7. The zero-order valence-corrected chi connectivity index (χ0v) is 12.5. The Labute approximate surface area is 123 Å². The minimum Gasteiger partial charge on any atom is -0.469 e. The summed E-state index contributed by atoms with van der Waals surface area (Å²) in [6, 6.07) is 4.96. The minimum atomic E-state index is -0.0797. The zero-order chi connectivity index (χ0) is 14.1. The largest absolute Gasteiger partial charge is 0.469 e. The molecule has 0 spiro atoms. The number of methoxy groups -OCH3 is 1. The molecule has 0 unspecified atom stereocenters. The van der Waals surface area contributed by atoms with Gasteiger partial charge in [-0.2, -0.15) is 0 Å². The van der Waals surface area contributed by atoms with E-state index in [2.05, 4.69) is 16.3 Å². The van der Waals surface area contributed by atoms with Crippen LogP contribution in [0.5, 0.6) is 0 Å². The standard InChI is InChI=1S/C15H21NO3S/c1-19-15(18)11-9-10-4-5-12(16(10)6-7-17)14(11)13-3-2-8-20-13/h2-3,8,10-12,14,17H,4-7,9H2,1H3/t10-,11+,12-,14+/m1/s1. The molecule has 1 aromatic rings. The van der Waals surface area contributed by atoms with Gasteiger partial charge in [0.15, 0.2) is 0 Å². The van der Waals surface area contributed by atoms with E-state index in [0.29, 0.717) is 18.6 Å². The van der Waals surface area contributed by atoms with Crippen molar-refractivity contribution in [3.63, 3.8) is 0 Å². The van der Waals surface area contributed by atoms with E-state index < -0.39 is 0 Å². The van der Waals surface area contributed by atoms with Gasteiger partial charge in [0, 0.05) is 29.4 Å². The summed E-state index contributed by atoms with van der Waals surface area (Å²) in [7, 11) is 1.48. The van der Waals surface area contributed by atoms with E-state index in [1.54, 1.807) is 11.3 Å². The third-order valence-corrected chi connectivity index (χ3v) is 5.77. The first kappa shape index (κ1) is 14.0. The number of ether oxygens (including phenoxy) is 1. The molecule has 0 aliphatic carbocycles. The maximum atomic E-state index is 12.2. The first-order valence-electron chi connectivity index (χ1n) is 7.24. The minimum absolute atomic E-state index is 0.0360. The molecule has 1 aromatic heterocycles. The fraction of sp³-hybridized carbons (Fsp3) is 0.667. The monoisotopic (exact) mass is 295 g/mol. The van der Waals surface area contributed by atoms with Crippen LogP contribution in [0.1, 0.15) is 30.1 Å². The van der Waals surface area contributed by atoms with Gasteiger partial charge in [-0.15, -0.1) is 11.3 Å². The number of aliphatic hydroxyl groups excluding tert-OH is 1. The van der Waals surface area contributed by atoms with Crippen molar-refractivity contribution in [3.8, 4) is 0 Å². The molecule has 3 heterocycles. The molecule has 0 amide bonds. The Hall–Kier alpha value is -0.910. The molecule has 5 heteroatoms. The van der Waals surface area contributed by atoms with Crippen molar-refractivity contribution in [2.24, 2.45) is 5.92 Å². The number of esters is 1. The molecular formula is C15H21NO3S. The molecule has 2 bridgehead atoms. The lowest BCUT2D eigenvalue weighted by molar-refractivity contribution is -0.149. The number of aliphatic hydroxyl groups is 1. The van der Waals surface area contributed by atoms with Gasteiger partial charge in [-0.3, -0.25) is 9.69 Å². The molecule has 110 valence electrons. The number of piperidine rings is 1. The third-order valence-electron chi connectivity index (χ3n) is 4.80. The normalized spacial score (nSPS) is 33.3. The van der Waals surface area contributed by atoms with Crippen LogP contribution < -0.4 is 0 Å². The van der Waals surface area contributed by atoms with Crippen LogP contribution in [0.4, 0.5) is 0 Å². The maximum absolute atomic E-state index is 12.2. The number of carbonyl (C=O) groups is 1. The SMILES string of the molecule is COC(=O)[C@H]1C[C@H]2CC[C@H]([C@H]1c1cccs1)N2CCO. The third kappa shape index (κ3) is 2.28. The molecule has 0 radical (unpaired) electrons. The predicted octanol–water partition coefficient (Wildman–Crippen LogP) is 1.85. The van der Waals surface area contributed by atoms with Gasteiger partial charge in [0.05, 0.1) is 19.6 Å². The van der Waals surface area contributed by atoms with Crippen molar-refractivity contribution >= 4 is 17.3 Å². The molecule has 4 nitrogen and oxygen atoms in total. The van der Waals surface area contributed by atoms with Gasteiger partial charge in [0.2, 0.25) is 0 Å². The number of hydrogen-bond acceptors (Lipinski definition) is 5. The molecule has 2 aliphatic heterocycles. The fourth-order valence-corrected chi connectivity index (χ4v) is 4.99.